The summed E-state index contributed by atoms with van der Waals surface area (Å²) in [6.07, 6.45) is 2.09. The highest BCUT2D eigenvalue weighted by Gasteiger charge is 2.40. The highest BCUT2D eigenvalue weighted by atomic mass is 32.1. The summed E-state index contributed by atoms with van der Waals surface area (Å²) in [5.41, 5.74) is 1.79. The quantitative estimate of drug-likeness (QED) is 0.603. The van der Waals surface area contributed by atoms with E-state index >= 15 is 0 Å². The van der Waals surface area contributed by atoms with Crippen molar-refractivity contribution >= 4 is 17.4 Å². The van der Waals surface area contributed by atoms with Gasteiger partial charge >= 0.3 is 0 Å². The highest BCUT2D eigenvalue weighted by molar-refractivity contribution is 7.07. The fourth-order valence-corrected chi connectivity index (χ4v) is 4.48. The van der Waals surface area contributed by atoms with Gasteiger partial charge in [0.25, 0.3) is 11.1 Å². The maximum atomic E-state index is 12.8. The first kappa shape index (κ1) is 20.1. The standard InChI is InChI=1S/C23H23N3O4S/c27-21(26-12-10-23(11-13-26)28-14-15-29-23)18-6-8-19(9-7-18)30-22-24-20(25-31-22)16-17-4-2-1-3-5-17/h1-9H,10-16H2. The van der Waals surface area contributed by atoms with Crippen molar-refractivity contribution in [3.05, 3.63) is 71.5 Å². The number of ether oxygens (including phenoxy) is 3. The average Bonchev–Trinajstić information content (AvgIpc) is 3.45. The summed E-state index contributed by atoms with van der Waals surface area (Å²) >= 11 is 1.22. The predicted molar refractivity (Wildman–Crippen MR) is 115 cm³/mol. The minimum Gasteiger partial charge on any atom is -0.430 e. The van der Waals surface area contributed by atoms with Crippen LogP contribution in [0.3, 0.4) is 0 Å². The number of hydrogen-bond acceptors (Lipinski definition) is 7. The lowest BCUT2D eigenvalue weighted by Crippen LogP contribution is -2.47. The zero-order valence-corrected chi connectivity index (χ0v) is 17.8. The molecular weight excluding hydrogens is 414 g/mol. The molecule has 7 nitrogen and oxygen atoms in total. The zero-order chi connectivity index (χ0) is 21.1. The van der Waals surface area contributed by atoms with Crippen molar-refractivity contribution < 1.29 is 19.0 Å². The van der Waals surface area contributed by atoms with Crippen LogP contribution >= 0.6 is 11.5 Å². The first-order valence-electron chi connectivity index (χ1n) is 10.4. The van der Waals surface area contributed by atoms with E-state index < -0.39 is 5.79 Å². The van der Waals surface area contributed by atoms with E-state index in [1.807, 2.05) is 35.2 Å². The van der Waals surface area contributed by atoms with Gasteiger partial charge in [-0.1, -0.05) is 30.3 Å². The van der Waals surface area contributed by atoms with E-state index in [0.29, 0.717) is 62.1 Å². The third-order valence-corrected chi connectivity index (χ3v) is 6.22. The topological polar surface area (TPSA) is 73.8 Å². The second-order valence-corrected chi connectivity index (χ2v) is 8.38. The minimum absolute atomic E-state index is 0.0143. The van der Waals surface area contributed by atoms with Crippen molar-refractivity contribution in [2.45, 2.75) is 25.0 Å². The van der Waals surface area contributed by atoms with Gasteiger partial charge in [0, 0.05) is 49.4 Å². The number of piperidine rings is 1. The third kappa shape index (κ3) is 4.61. The van der Waals surface area contributed by atoms with E-state index in [0.717, 1.165) is 11.4 Å². The molecule has 0 saturated carbocycles. The molecule has 3 aromatic rings. The molecule has 1 spiro atoms. The number of nitrogens with zero attached hydrogens (tertiary/aromatic N) is 3. The molecule has 2 aromatic carbocycles. The van der Waals surface area contributed by atoms with Crippen LogP contribution < -0.4 is 4.74 Å². The van der Waals surface area contributed by atoms with Gasteiger partial charge in [-0.2, -0.15) is 9.36 Å². The molecule has 1 aromatic heterocycles. The Morgan fingerprint density at radius 1 is 1.03 bits per heavy atom. The van der Waals surface area contributed by atoms with E-state index in [-0.39, 0.29) is 5.91 Å². The largest absolute Gasteiger partial charge is 0.430 e. The summed E-state index contributed by atoms with van der Waals surface area (Å²) in [6, 6.07) is 17.2. The highest BCUT2D eigenvalue weighted by Crippen LogP contribution is 2.32. The third-order valence-electron chi connectivity index (χ3n) is 5.59. The molecule has 3 heterocycles. The average molecular weight is 438 g/mol. The van der Waals surface area contributed by atoms with Crippen molar-refractivity contribution in [3.8, 4) is 10.9 Å². The Morgan fingerprint density at radius 3 is 2.45 bits per heavy atom. The molecule has 0 bridgehead atoms. The van der Waals surface area contributed by atoms with Crippen molar-refractivity contribution in [2.75, 3.05) is 26.3 Å². The lowest BCUT2D eigenvalue weighted by atomic mass is 10.0. The molecule has 0 radical (unpaired) electrons. The Morgan fingerprint density at radius 2 is 1.74 bits per heavy atom. The first-order chi connectivity index (χ1) is 15.2. The molecule has 31 heavy (non-hydrogen) atoms. The maximum absolute atomic E-state index is 12.8. The van der Waals surface area contributed by atoms with Crippen molar-refractivity contribution in [2.24, 2.45) is 0 Å². The van der Waals surface area contributed by atoms with Gasteiger partial charge in [0.1, 0.15) is 5.75 Å². The van der Waals surface area contributed by atoms with Crippen LogP contribution in [0.5, 0.6) is 10.9 Å². The second-order valence-electron chi connectivity index (χ2n) is 7.67. The number of hydrogen-bond donors (Lipinski definition) is 0. The van der Waals surface area contributed by atoms with Crippen molar-refractivity contribution in [1.82, 2.24) is 14.3 Å². The number of rotatable bonds is 5. The van der Waals surface area contributed by atoms with Gasteiger partial charge in [-0.15, -0.1) is 0 Å². The summed E-state index contributed by atoms with van der Waals surface area (Å²) < 4.78 is 21.7. The smallest absolute Gasteiger partial charge is 0.298 e. The molecule has 0 unspecified atom stereocenters. The van der Waals surface area contributed by atoms with E-state index in [4.69, 9.17) is 14.2 Å². The van der Waals surface area contributed by atoms with Crippen LogP contribution in [0.1, 0.15) is 34.6 Å². The normalized spacial score (nSPS) is 17.7. The summed E-state index contributed by atoms with van der Waals surface area (Å²) in [7, 11) is 0. The molecule has 0 N–H and O–H groups in total. The molecule has 0 aliphatic carbocycles. The van der Waals surface area contributed by atoms with Gasteiger partial charge in [-0.3, -0.25) is 4.79 Å². The van der Waals surface area contributed by atoms with Gasteiger partial charge in [-0.05, 0) is 29.8 Å². The fraction of sp³-hybridized carbons (Fsp3) is 0.348. The number of likely N-dealkylation sites (tertiary alicyclic amines) is 1. The number of amides is 1. The fourth-order valence-electron chi connectivity index (χ4n) is 3.91. The zero-order valence-electron chi connectivity index (χ0n) is 17.0. The maximum Gasteiger partial charge on any atom is 0.298 e. The van der Waals surface area contributed by atoms with Crippen LogP contribution in [0.4, 0.5) is 0 Å². The molecule has 1 amide bonds. The van der Waals surface area contributed by atoms with Gasteiger partial charge in [0.2, 0.25) is 0 Å². The molecule has 160 valence electrons. The molecule has 2 aliphatic heterocycles. The Balaban J connectivity index is 1.17. The van der Waals surface area contributed by atoms with E-state index in [1.54, 1.807) is 24.3 Å². The van der Waals surface area contributed by atoms with Crippen LogP contribution in [0.15, 0.2) is 54.6 Å². The molecule has 5 rings (SSSR count). The van der Waals surface area contributed by atoms with Crippen LogP contribution in [0.2, 0.25) is 0 Å². The van der Waals surface area contributed by atoms with Gasteiger partial charge in [0.05, 0.1) is 13.2 Å². The van der Waals surface area contributed by atoms with Crippen LogP contribution in [-0.4, -0.2) is 52.3 Å². The molecular formula is C23H23N3O4S. The number of carbonyl (C=O) groups excluding carboxylic acids is 1. The summed E-state index contributed by atoms with van der Waals surface area (Å²) in [6.45, 7) is 2.54. The summed E-state index contributed by atoms with van der Waals surface area (Å²) in [4.78, 5) is 19.1. The van der Waals surface area contributed by atoms with Crippen LogP contribution in [-0.2, 0) is 15.9 Å². The molecule has 2 fully saturated rings. The second kappa shape index (κ2) is 8.74. The predicted octanol–water partition coefficient (Wildman–Crippen LogP) is 3.90. The number of aromatic nitrogens is 2. The van der Waals surface area contributed by atoms with E-state index in [1.165, 1.54) is 11.5 Å². The van der Waals surface area contributed by atoms with Gasteiger partial charge < -0.3 is 19.1 Å². The number of benzene rings is 2. The Hall–Kier alpha value is -2.81. The molecule has 2 aliphatic rings. The Kier molecular flexibility index (Phi) is 5.67. The summed E-state index contributed by atoms with van der Waals surface area (Å²) in [5.74, 6) is 0.899. The SMILES string of the molecule is O=C(c1ccc(Oc2nc(Cc3ccccc3)ns2)cc1)N1CCC2(CC1)OCCO2. The summed E-state index contributed by atoms with van der Waals surface area (Å²) in [5, 5.41) is 0.489. The molecule has 8 heteroatoms. The van der Waals surface area contributed by atoms with Crippen LogP contribution in [0, 0.1) is 0 Å². The Labute approximate surface area is 184 Å². The minimum atomic E-state index is -0.477. The monoisotopic (exact) mass is 437 g/mol. The van der Waals surface area contributed by atoms with Crippen LogP contribution in [0.25, 0.3) is 0 Å². The van der Waals surface area contributed by atoms with E-state index in [9.17, 15) is 4.79 Å². The number of carbonyl (C=O) groups is 1. The molecule has 2 saturated heterocycles. The lowest BCUT2D eigenvalue weighted by molar-refractivity contribution is -0.181. The van der Waals surface area contributed by atoms with Crippen molar-refractivity contribution in [1.29, 1.82) is 0 Å². The lowest BCUT2D eigenvalue weighted by Gasteiger charge is -2.37. The van der Waals surface area contributed by atoms with Gasteiger partial charge in [0.15, 0.2) is 11.6 Å². The van der Waals surface area contributed by atoms with Crippen molar-refractivity contribution in [3.63, 3.8) is 0 Å². The molecule has 0 atom stereocenters. The Bertz CT molecular complexity index is 1020. The van der Waals surface area contributed by atoms with Gasteiger partial charge in [-0.25, -0.2) is 0 Å². The first-order valence-corrected chi connectivity index (χ1v) is 11.2. The van der Waals surface area contributed by atoms with E-state index in [2.05, 4.69) is 9.36 Å².